The Kier molecular flexibility index (Phi) is 8.36. The molecule has 0 aliphatic rings. The van der Waals surface area contributed by atoms with Crippen LogP contribution >= 0.6 is 0 Å². The van der Waals surface area contributed by atoms with Crippen molar-refractivity contribution in [3.05, 3.63) is 30.1 Å². The van der Waals surface area contributed by atoms with Crippen molar-refractivity contribution in [3.63, 3.8) is 0 Å². The van der Waals surface area contributed by atoms with E-state index < -0.39 is 0 Å². The number of hydrogen-bond acceptors (Lipinski definition) is 2. The SMILES string of the molecule is CC(C)CCN(CCNc1ccc(F)cc1)CCC(C)C. The lowest BCUT2D eigenvalue weighted by Gasteiger charge is -2.24. The lowest BCUT2D eigenvalue weighted by Crippen LogP contribution is -2.32. The molecule has 1 N–H and O–H groups in total. The van der Waals surface area contributed by atoms with Crippen molar-refractivity contribution in [1.29, 1.82) is 0 Å². The van der Waals surface area contributed by atoms with Crippen molar-refractivity contribution in [2.24, 2.45) is 11.8 Å². The minimum Gasteiger partial charge on any atom is -0.384 e. The minimum absolute atomic E-state index is 0.184. The molecule has 0 heterocycles. The van der Waals surface area contributed by atoms with Crippen molar-refractivity contribution >= 4 is 5.69 Å². The first-order valence-corrected chi connectivity index (χ1v) is 8.19. The van der Waals surface area contributed by atoms with Crippen LogP contribution in [0.25, 0.3) is 0 Å². The topological polar surface area (TPSA) is 15.3 Å². The third-order valence-electron chi connectivity index (χ3n) is 3.65. The molecule has 2 nitrogen and oxygen atoms in total. The van der Waals surface area contributed by atoms with E-state index in [1.54, 1.807) is 12.1 Å². The summed E-state index contributed by atoms with van der Waals surface area (Å²) in [7, 11) is 0. The Hall–Kier alpha value is -1.09. The zero-order chi connectivity index (χ0) is 15.7. The molecular weight excluding hydrogens is 263 g/mol. The molecule has 0 bridgehead atoms. The maximum Gasteiger partial charge on any atom is 0.123 e. The second-order valence-corrected chi connectivity index (χ2v) is 6.64. The molecule has 0 unspecified atom stereocenters. The molecule has 0 fully saturated rings. The highest BCUT2D eigenvalue weighted by Crippen LogP contribution is 2.09. The minimum atomic E-state index is -0.184. The van der Waals surface area contributed by atoms with E-state index in [4.69, 9.17) is 0 Å². The van der Waals surface area contributed by atoms with Gasteiger partial charge >= 0.3 is 0 Å². The van der Waals surface area contributed by atoms with Crippen LogP contribution in [-0.4, -0.2) is 31.1 Å². The van der Waals surface area contributed by atoms with Gasteiger partial charge < -0.3 is 10.2 Å². The third-order valence-corrected chi connectivity index (χ3v) is 3.65. The first kappa shape index (κ1) is 18.0. The first-order valence-electron chi connectivity index (χ1n) is 8.19. The molecule has 0 saturated carbocycles. The summed E-state index contributed by atoms with van der Waals surface area (Å²) in [6.07, 6.45) is 2.49. The number of anilines is 1. The van der Waals surface area contributed by atoms with Crippen molar-refractivity contribution < 1.29 is 4.39 Å². The van der Waals surface area contributed by atoms with Gasteiger partial charge in [0.25, 0.3) is 0 Å². The monoisotopic (exact) mass is 294 g/mol. The van der Waals surface area contributed by atoms with Crippen LogP contribution in [0, 0.1) is 17.7 Å². The highest BCUT2D eigenvalue weighted by atomic mass is 19.1. The average molecular weight is 294 g/mol. The van der Waals surface area contributed by atoms with Gasteiger partial charge in [-0.25, -0.2) is 4.39 Å². The number of halogens is 1. The van der Waals surface area contributed by atoms with Gasteiger partial charge in [-0.15, -0.1) is 0 Å². The lowest BCUT2D eigenvalue weighted by molar-refractivity contribution is 0.252. The summed E-state index contributed by atoms with van der Waals surface area (Å²) < 4.78 is 12.9. The van der Waals surface area contributed by atoms with Crippen molar-refractivity contribution in [1.82, 2.24) is 4.90 Å². The molecule has 120 valence electrons. The zero-order valence-corrected chi connectivity index (χ0v) is 14.0. The normalized spacial score (nSPS) is 11.6. The third kappa shape index (κ3) is 8.71. The summed E-state index contributed by atoms with van der Waals surface area (Å²) in [6.45, 7) is 13.4. The van der Waals surface area contributed by atoms with Gasteiger partial charge in [0.05, 0.1) is 0 Å². The van der Waals surface area contributed by atoms with Crippen molar-refractivity contribution in [2.45, 2.75) is 40.5 Å². The molecule has 0 aliphatic heterocycles. The van der Waals surface area contributed by atoms with Crippen LogP contribution in [-0.2, 0) is 0 Å². The highest BCUT2D eigenvalue weighted by molar-refractivity contribution is 5.42. The summed E-state index contributed by atoms with van der Waals surface area (Å²) in [5.41, 5.74) is 0.990. The van der Waals surface area contributed by atoms with Gasteiger partial charge in [0.15, 0.2) is 0 Å². The fourth-order valence-corrected chi connectivity index (χ4v) is 2.14. The van der Waals surface area contributed by atoms with Gasteiger partial charge in [-0.05, 0) is 62.0 Å². The summed E-state index contributed by atoms with van der Waals surface area (Å²) in [4.78, 5) is 2.54. The quantitative estimate of drug-likeness (QED) is 0.676. The van der Waals surface area contributed by atoms with Gasteiger partial charge in [0.2, 0.25) is 0 Å². The Morgan fingerprint density at radius 1 is 0.905 bits per heavy atom. The standard InChI is InChI=1S/C18H31FN2/c1-15(2)9-12-21(13-10-16(3)4)14-11-20-18-7-5-17(19)6-8-18/h5-8,15-16,20H,9-14H2,1-4H3. The Balaban J connectivity index is 2.34. The van der Waals surface area contributed by atoms with Crippen LogP contribution < -0.4 is 5.32 Å². The van der Waals surface area contributed by atoms with Crippen LogP contribution in [0.2, 0.25) is 0 Å². The smallest absolute Gasteiger partial charge is 0.123 e. The van der Waals surface area contributed by atoms with E-state index >= 15 is 0 Å². The Bertz CT molecular complexity index is 361. The second-order valence-electron chi connectivity index (χ2n) is 6.64. The van der Waals surface area contributed by atoms with E-state index in [0.717, 1.165) is 43.7 Å². The molecule has 1 aromatic carbocycles. The van der Waals surface area contributed by atoms with E-state index in [1.807, 2.05) is 0 Å². The van der Waals surface area contributed by atoms with Gasteiger partial charge in [-0.1, -0.05) is 27.7 Å². The fourth-order valence-electron chi connectivity index (χ4n) is 2.14. The molecule has 3 heteroatoms. The molecule has 0 amide bonds. The van der Waals surface area contributed by atoms with Crippen LogP contribution in [0.5, 0.6) is 0 Å². The maximum absolute atomic E-state index is 12.9. The number of rotatable bonds is 10. The van der Waals surface area contributed by atoms with Gasteiger partial charge in [0.1, 0.15) is 5.82 Å². The summed E-state index contributed by atoms with van der Waals surface area (Å²) >= 11 is 0. The Labute approximate surface area is 129 Å². The van der Waals surface area contributed by atoms with E-state index in [1.165, 1.54) is 25.0 Å². The number of nitrogens with one attached hydrogen (secondary N) is 1. The predicted octanol–water partition coefficient (Wildman–Crippen LogP) is 4.63. The molecule has 1 aromatic rings. The van der Waals surface area contributed by atoms with E-state index in [-0.39, 0.29) is 5.82 Å². The van der Waals surface area contributed by atoms with E-state index in [0.29, 0.717) is 0 Å². The average Bonchev–Trinajstić information content (AvgIpc) is 2.43. The van der Waals surface area contributed by atoms with Crippen molar-refractivity contribution in [3.8, 4) is 0 Å². The second kappa shape index (κ2) is 9.78. The molecule has 0 atom stereocenters. The maximum atomic E-state index is 12.9. The van der Waals surface area contributed by atoms with Crippen LogP contribution in [0.1, 0.15) is 40.5 Å². The van der Waals surface area contributed by atoms with Gasteiger partial charge in [0, 0.05) is 18.8 Å². The summed E-state index contributed by atoms with van der Waals surface area (Å²) in [5, 5.41) is 3.37. The van der Waals surface area contributed by atoms with E-state index in [9.17, 15) is 4.39 Å². The molecule has 0 radical (unpaired) electrons. The van der Waals surface area contributed by atoms with Crippen LogP contribution in [0.4, 0.5) is 10.1 Å². The van der Waals surface area contributed by atoms with Crippen molar-refractivity contribution in [2.75, 3.05) is 31.5 Å². The highest BCUT2D eigenvalue weighted by Gasteiger charge is 2.07. The molecule has 0 saturated heterocycles. The Morgan fingerprint density at radius 3 is 1.90 bits per heavy atom. The number of hydrogen-bond donors (Lipinski definition) is 1. The molecule has 1 rings (SSSR count). The van der Waals surface area contributed by atoms with E-state index in [2.05, 4.69) is 37.9 Å². The number of nitrogens with zero attached hydrogens (tertiary/aromatic N) is 1. The summed E-state index contributed by atoms with van der Waals surface area (Å²) in [5.74, 6) is 1.31. The predicted molar refractivity (Wildman–Crippen MR) is 90.2 cm³/mol. The largest absolute Gasteiger partial charge is 0.384 e. The number of benzene rings is 1. The zero-order valence-electron chi connectivity index (χ0n) is 14.0. The first-order chi connectivity index (χ1) is 9.97. The van der Waals surface area contributed by atoms with Crippen LogP contribution in [0.15, 0.2) is 24.3 Å². The molecular formula is C18H31FN2. The van der Waals surface area contributed by atoms with Gasteiger partial charge in [-0.2, -0.15) is 0 Å². The van der Waals surface area contributed by atoms with Gasteiger partial charge in [-0.3, -0.25) is 0 Å². The summed E-state index contributed by atoms with van der Waals surface area (Å²) in [6, 6.07) is 6.58. The fraction of sp³-hybridized carbons (Fsp3) is 0.667. The Morgan fingerprint density at radius 2 is 1.43 bits per heavy atom. The lowest BCUT2D eigenvalue weighted by atomic mass is 10.1. The molecule has 21 heavy (non-hydrogen) atoms. The molecule has 0 aliphatic carbocycles. The molecule has 0 spiro atoms. The van der Waals surface area contributed by atoms with Crippen LogP contribution in [0.3, 0.4) is 0 Å². The molecule has 0 aromatic heterocycles.